The molecule has 0 saturated heterocycles. The smallest absolute Gasteiger partial charge is 0.258 e. The van der Waals surface area contributed by atoms with Gasteiger partial charge in [-0.15, -0.1) is 0 Å². The van der Waals surface area contributed by atoms with E-state index < -0.39 is 5.41 Å². The average molecular weight is 420 g/mol. The molecule has 0 aliphatic heterocycles. The highest BCUT2D eigenvalue weighted by Crippen LogP contribution is 2.44. The van der Waals surface area contributed by atoms with Crippen LogP contribution in [-0.2, 0) is 12.0 Å². The fourth-order valence-electron chi connectivity index (χ4n) is 4.04. The van der Waals surface area contributed by atoms with Gasteiger partial charge < -0.3 is 15.3 Å². The van der Waals surface area contributed by atoms with E-state index >= 15 is 0 Å². The Balaban J connectivity index is 1.75. The van der Waals surface area contributed by atoms with Gasteiger partial charge in [-0.25, -0.2) is 19.9 Å². The Labute approximate surface area is 176 Å². The fourth-order valence-corrected chi connectivity index (χ4v) is 4.44. The van der Waals surface area contributed by atoms with E-state index in [0.29, 0.717) is 45.3 Å². The number of anilines is 1. The first kappa shape index (κ1) is 18.5. The second-order valence-electron chi connectivity index (χ2n) is 7.39. The number of nitrogens with one attached hydrogen (secondary N) is 1. The third-order valence-electron chi connectivity index (χ3n) is 5.73. The topological polar surface area (TPSA) is 115 Å². The molecule has 0 radical (unpaired) electrons. The maximum absolute atomic E-state index is 12.8. The van der Waals surface area contributed by atoms with Crippen molar-refractivity contribution >= 4 is 39.5 Å². The van der Waals surface area contributed by atoms with Crippen LogP contribution >= 0.6 is 11.6 Å². The van der Waals surface area contributed by atoms with Crippen LogP contribution in [0.2, 0.25) is 0 Å². The lowest BCUT2D eigenvalue weighted by Gasteiger charge is -2.38. The van der Waals surface area contributed by atoms with Crippen LogP contribution in [0, 0.1) is 5.92 Å². The molecule has 0 saturated carbocycles. The van der Waals surface area contributed by atoms with Gasteiger partial charge in [0.1, 0.15) is 17.7 Å². The van der Waals surface area contributed by atoms with Gasteiger partial charge in [0.25, 0.3) is 5.56 Å². The van der Waals surface area contributed by atoms with Crippen LogP contribution in [0.5, 0.6) is 0 Å². The summed E-state index contributed by atoms with van der Waals surface area (Å²) < 4.78 is 1.87. The Hall–Kier alpha value is -3.52. The normalized spacial score (nSPS) is 21.3. The van der Waals surface area contributed by atoms with E-state index in [1.165, 1.54) is 6.33 Å². The third-order valence-corrected chi connectivity index (χ3v) is 6.19. The van der Waals surface area contributed by atoms with Crippen LogP contribution in [-0.4, -0.2) is 29.5 Å². The van der Waals surface area contributed by atoms with Crippen molar-refractivity contribution in [2.24, 2.45) is 5.92 Å². The molecule has 8 nitrogen and oxygen atoms in total. The Kier molecular flexibility index (Phi) is 4.18. The van der Waals surface area contributed by atoms with Gasteiger partial charge in [0, 0.05) is 11.6 Å². The second kappa shape index (κ2) is 6.77. The van der Waals surface area contributed by atoms with Crippen LogP contribution in [0.25, 0.3) is 22.1 Å². The van der Waals surface area contributed by atoms with E-state index in [1.54, 1.807) is 12.4 Å². The van der Waals surface area contributed by atoms with Crippen molar-refractivity contribution in [3.63, 3.8) is 0 Å². The number of imidazole rings is 1. The fraction of sp³-hybridized carbons (Fsp3) is 0.190. The van der Waals surface area contributed by atoms with Gasteiger partial charge in [-0.3, -0.25) is 4.79 Å². The predicted octanol–water partition coefficient (Wildman–Crippen LogP) is 2.91. The standard InChI is InChI=1S/C21H18ClN7O/c1-12-5-4-8-15(22)21(12,9-29-11-26-16-17(23)24-10-25-18(16)29)20-27-14-7-3-2-6-13(14)19(30)28-20/h2-8,10-12H,9H2,1H3,(H2,23,24,25)(H,27,28,30). The minimum absolute atomic E-state index is 0.0593. The summed E-state index contributed by atoms with van der Waals surface area (Å²) in [4.78, 5) is 33.3. The number of halogens is 1. The van der Waals surface area contributed by atoms with E-state index in [-0.39, 0.29) is 11.5 Å². The number of benzene rings is 1. The Morgan fingerprint density at radius 3 is 2.93 bits per heavy atom. The first-order chi connectivity index (χ1) is 14.5. The number of nitrogens with two attached hydrogens (primary N) is 1. The molecule has 1 aromatic carbocycles. The molecule has 4 aromatic rings. The zero-order valence-corrected chi connectivity index (χ0v) is 16.8. The molecule has 5 rings (SSSR count). The maximum Gasteiger partial charge on any atom is 0.258 e. The highest BCUT2D eigenvalue weighted by atomic mass is 35.5. The lowest BCUT2D eigenvalue weighted by molar-refractivity contribution is 0.335. The Morgan fingerprint density at radius 2 is 2.10 bits per heavy atom. The number of nitrogens with zero attached hydrogens (tertiary/aromatic N) is 5. The first-order valence-electron chi connectivity index (χ1n) is 9.46. The second-order valence-corrected chi connectivity index (χ2v) is 7.80. The summed E-state index contributed by atoms with van der Waals surface area (Å²) in [5.41, 5.74) is 6.66. The summed E-state index contributed by atoms with van der Waals surface area (Å²) in [6.45, 7) is 2.41. The molecular weight excluding hydrogens is 402 g/mol. The number of hydrogen-bond acceptors (Lipinski definition) is 6. The Morgan fingerprint density at radius 1 is 1.27 bits per heavy atom. The van der Waals surface area contributed by atoms with Crippen LogP contribution in [0.4, 0.5) is 5.82 Å². The van der Waals surface area contributed by atoms with Crippen molar-refractivity contribution in [1.29, 1.82) is 0 Å². The predicted molar refractivity (Wildman–Crippen MR) is 116 cm³/mol. The van der Waals surface area contributed by atoms with Gasteiger partial charge in [0.15, 0.2) is 11.5 Å². The quantitative estimate of drug-likeness (QED) is 0.527. The summed E-state index contributed by atoms with van der Waals surface area (Å²) in [5, 5.41) is 1.10. The Bertz CT molecular complexity index is 1400. The zero-order chi connectivity index (χ0) is 20.9. The largest absolute Gasteiger partial charge is 0.382 e. The average Bonchev–Trinajstić information content (AvgIpc) is 3.15. The van der Waals surface area contributed by atoms with Crippen molar-refractivity contribution in [2.75, 3.05) is 5.73 Å². The molecule has 3 N–H and O–H groups in total. The van der Waals surface area contributed by atoms with Gasteiger partial charge in [0.2, 0.25) is 0 Å². The van der Waals surface area contributed by atoms with E-state index in [2.05, 4.69) is 19.9 Å². The molecule has 0 amide bonds. The SMILES string of the molecule is CC1C=CC=C(Cl)C1(Cn1cnc2c(N)ncnc21)c1nc2ccccc2c(=O)[nH]1. The molecule has 3 aromatic heterocycles. The summed E-state index contributed by atoms with van der Waals surface area (Å²) in [5.74, 6) is 0.743. The number of aromatic nitrogens is 6. The summed E-state index contributed by atoms with van der Waals surface area (Å²) in [7, 11) is 0. The molecule has 0 fully saturated rings. The van der Waals surface area contributed by atoms with Crippen molar-refractivity contribution in [2.45, 2.75) is 18.9 Å². The first-order valence-corrected chi connectivity index (χ1v) is 9.84. The zero-order valence-electron chi connectivity index (χ0n) is 16.1. The van der Waals surface area contributed by atoms with E-state index in [9.17, 15) is 4.79 Å². The highest BCUT2D eigenvalue weighted by molar-refractivity contribution is 6.31. The van der Waals surface area contributed by atoms with E-state index in [1.807, 2.05) is 47.9 Å². The van der Waals surface area contributed by atoms with E-state index in [0.717, 1.165) is 0 Å². The van der Waals surface area contributed by atoms with E-state index in [4.69, 9.17) is 22.3 Å². The lowest BCUT2D eigenvalue weighted by atomic mass is 9.72. The van der Waals surface area contributed by atoms with Gasteiger partial charge in [-0.2, -0.15) is 0 Å². The molecule has 0 spiro atoms. The molecule has 2 unspecified atom stereocenters. The molecule has 150 valence electrons. The minimum Gasteiger partial charge on any atom is -0.382 e. The minimum atomic E-state index is -0.813. The molecule has 1 aliphatic rings. The van der Waals surface area contributed by atoms with Crippen LogP contribution < -0.4 is 11.3 Å². The maximum atomic E-state index is 12.8. The molecule has 9 heteroatoms. The molecule has 30 heavy (non-hydrogen) atoms. The number of fused-ring (bicyclic) bond motifs is 2. The molecule has 1 aliphatic carbocycles. The van der Waals surface area contributed by atoms with Crippen LogP contribution in [0.3, 0.4) is 0 Å². The molecule has 0 bridgehead atoms. The number of hydrogen-bond donors (Lipinski definition) is 2. The van der Waals surface area contributed by atoms with Crippen molar-refractivity contribution in [1.82, 2.24) is 29.5 Å². The van der Waals surface area contributed by atoms with Crippen molar-refractivity contribution in [3.8, 4) is 0 Å². The molecule has 3 heterocycles. The molecule has 2 atom stereocenters. The van der Waals surface area contributed by atoms with Crippen molar-refractivity contribution in [3.05, 3.63) is 76.4 Å². The van der Waals surface area contributed by atoms with Gasteiger partial charge in [-0.1, -0.05) is 42.8 Å². The number of para-hydroxylation sites is 1. The third kappa shape index (κ3) is 2.64. The van der Waals surface area contributed by atoms with Gasteiger partial charge >= 0.3 is 0 Å². The number of nitrogen functional groups attached to an aromatic ring is 1. The van der Waals surface area contributed by atoms with Crippen LogP contribution in [0.1, 0.15) is 12.7 Å². The summed E-state index contributed by atoms with van der Waals surface area (Å²) in [6.07, 6.45) is 8.85. The highest BCUT2D eigenvalue weighted by Gasteiger charge is 2.44. The number of rotatable bonds is 3. The molecular formula is C21H18ClN7O. The summed E-state index contributed by atoms with van der Waals surface area (Å²) in [6, 6.07) is 7.25. The number of H-pyrrole nitrogens is 1. The van der Waals surface area contributed by atoms with Crippen molar-refractivity contribution < 1.29 is 0 Å². The van der Waals surface area contributed by atoms with Crippen LogP contribution in [0.15, 0.2) is 65.0 Å². The summed E-state index contributed by atoms with van der Waals surface area (Å²) >= 11 is 6.83. The monoisotopic (exact) mass is 419 g/mol. The van der Waals surface area contributed by atoms with Gasteiger partial charge in [0.05, 0.1) is 22.6 Å². The van der Waals surface area contributed by atoms with Gasteiger partial charge in [-0.05, 0) is 24.1 Å². The lowest BCUT2D eigenvalue weighted by Crippen LogP contribution is -2.42. The number of allylic oxidation sites excluding steroid dienone is 4. The number of aromatic amines is 1.